The van der Waals surface area contributed by atoms with Crippen molar-refractivity contribution in [1.82, 2.24) is 14.4 Å². The van der Waals surface area contributed by atoms with Crippen molar-refractivity contribution < 1.29 is 35.3 Å². The van der Waals surface area contributed by atoms with Crippen molar-refractivity contribution in [3.05, 3.63) is 95.5 Å². The van der Waals surface area contributed by atoms with Gasteiger partial charge in [0.2, 0.25) is 0 Å². The van der Waals surface area contributed by atoms with Gasteiger partial charge in [0.05, 0.1) is 17.2 Å². The van der Waals surface area contributed by atoms with Crippen molar-refractivity contribution in [3.8, 4) is 0 Å². The van der Waals surface area contributed by atoms with E-state index >= 15 is 0 Å². The monoisotopic (exact) mass is 708 g/mol. The Balaban J connectivity index is 1.30. The number of quaternary nitrogens is 1. The Morgan fingerprint density at radius 3 is 2.31 bits per heavy atom. The summed E-state index contributed by atoms with van der Waals surface area (Å²) in [6.45, 7) is 4.11. The quantitative estimate of drug-likeness (QED) is 0.218. The summed E-state index contributed by atoms with van der Waals surface area (Å²) in [4.78, 5) is 27.5. The summed E-state index contributed by atoms with van der Waals surface area (Å²) in [7, 11) is -8.51. The van der Waals surface area contributed by atoms with Crippen molar-refractivity contribution in [2.45, 2.75) is 60.8 Å². The topological polar surface area (TPSA) is 165 Å². The fourth-order valence-electron chi connectivity index (χ4n) is 7.76. The van der Waals surface area contributed by atoms with Gasteiger partial charge in [0.25, 0.3) is 15.9 Å². The number of nitrogens with zero attached hydrogens (tertiary/aromatic N) is 2. The van der Waals surface area contributed by atoms with Crippen LogP contribution in [0.1, 0.15) is 54.3 Å². The number of benzene rings is 3. The van der Waals surface area contributed by atoms with Crippen LogP contribution in [0, 0.1) is 18.7 Å². The number of hydrogen-bond acceptors (Lipinski definition) is 9. The molecule has 1 aliphatic carbocycles. The van der Waals surface area contributed by atoms with E-state index in [4.69, 9.17) is 4.52 Å². The van der Waals surface area contributed by atoms with Gasteiger partial charge in [0, 0.05) is 34.9 Å². The number of anilines is 2. The van der Waals surface area contributed by atoms with E-state index in [0.717, 1.165) is 25.0 Å². The van der Waals surface area contributed by atoms with Gasteiger partial charge in [-0.2, -0.15) is 8.42 Å². The minimum Gasteiger partial charge on any atom is -0.360 e. The van der Waals surface area contributed by atoms with Crippen molar-refractivity contribution in [1.29, 1.82) is 0 Å². The van der Waals surface area contributed by atoms with E-state index in [1.807, 2.05) is 0 Å². The van der Waals surface area contributed by atoms with Crippen LogP contribution in [-0.2, 0) is 30.3 Å². The van der Waals surface area contributed by atoms with Gasteiger partial charge < -0.3 is 15.2 Å². The highest BCUT2D eigenvalue weighted by Crippen LogP contribution is 2.62. The number of aromatic nitrogens is 1. The maximum atomic E-state index is 14.8. The predicted molar refractivity (Wildman–Crippen MR) is 179 cm³/mol. The molecule has 256 valence electrons. The summed E-state index contributed by atoms with van der Waals surface area (Å²) < 4.78 is 75.9. The Bertz CT molecular complexity index is 2200. The first kappa shape index (κ1) is 33.1. The van der Waals surface area contributed by atoms with E-state index in [1.165, 1.54) is 49.4 Å². The fraction of sp³-hybridized carbons (Fsp3) is 0.324. The molecule has 3 aliphatic rings. The van der Waals surface area contributed by atoms with Crippen LogP contribution in [0.3, 0.4) is 0 Å². The largest absolute Gasteiger partial charge is 0.360 e. The van der Waals surface area contributed by atoms with E-state index in [9.17, 15) is 30.8 Å². The average molecular weight is 709 g/mol. The fourth-order valence-corrected chi connectivity index (χ4v) is 11.0. The number of rotatable bonds is 8. The Morgan fingerprint density at radius 2 is 1.67 bits per heavy atom. The average Bonchev–Trinajstić information content (AvgIpc) is 3.77. The molecule has 2 amide bonds. The number of amides is 2. The lowest BCUT2D eigenvalue weighted by Crippen LogP contribution is -2.67. The Labute approximate surface area is 283 Å². The van der Waals surface area contributed by atoms with E-state index < -0.39 is 53.0 Å². The van der Waals surface area contributed by atoms with E-state index in [2.05, 4.69) is 20.5 Å². The molecule has 2 atom stereocenters. The van der Waals surface area contributed by atoms with Crippen LogP contribution in [-0.4, -0.2) is 52.9 Å². The van der Waals surface area contributed by atoms with Crippen LogP contribution in [0.15, 0.2) is 87.1 Å². The summed E-state index contributed by atoms with van der Waals surface area (Å²) in [5.74, 6) is -1.32. The third kappa shape index (κ3) is 5.35. The number of hydrogen-bond donors (Lipinski definition) is 3. The van der Waals surface area contributed by atoms with Crippen LogP contribution in [0.25, 0.3) is 0 Å². The first-order valence-corrected chi connectivity index (χ1v) is 18.9. The number of carbonyl (C=O) groups is 2. The molecule has 0 radical (unpaired) electrons. The molecule has 3 aromatic carbocycles. The van der Waals surface area contributed by atoms with Gasteiger partial charge in [-0.1, -0.05) is 11.2 Å². The van der Waals surface area contributed by atoms with Crippen LogP contribution in [0.4, 0.5) is 21.6 Å². The first-order chi connectivity index (χ1) is 23.3. The van der Waals surface area contributed by atoms with Gasteiger partial charge in [0.1, 0.15) is 22.5 Å². The molecule has 15 heteroatoms. The Hall–Kier alpha value is -4.44. The third-order valence-electron chi connectivity index (χ3n) is 9.90. The molecule has 1 saturated heterocycles. The van der Waals surface area contributed by atoms with Gasteiger partial charge >= 0.3 is 15.9 Å². The SMILES string of the molecule is CC(=O)[N+]1(S(=O)(=O)c2ccc(F)cc2)c2ccc(C(=O)Nc3cccc(S(=O)(=O)Nc4cc(C)on4)c3)cc2C2(CCNCC2)C1C1CC1. The second-order valence-corrected chi connectivity index (χ2v) is 16.6. The third-order valence-corrected chi connectivity index (χ3v) is 13.6. The molecule has 3 N–H and O–H groups in total. The maximum absolute atomic E-state index is 14.8. The number of nitrogens with one attached hydrogen (secondary N) is 3. The van der Waals surface area contributed by atoms with Gasteiger partial charge in [-0.15, -0.1) is 3.89 Å². The van der Waals surface area contributed by atoms with Gasteiger partial charge in [0.15, 0.2) is 11.5 Å². The lowest BCUT2D eigenvalue weighted by atomic mass is 9.68. The molecule has 1 aromatic heterocycles. The Morgan fingerprint density at radius 1 is 0.959 bits per heavy atom. The van der Waals surface area contributed by atoms with E-state index in [0.29, 0.717) is 42.9 Å². The number of piperidine rings is 1. The summed E-state index contributed by atoms with van der Waals surface area (Å²) in [5, 5.41) is 9.79. The lowest BCUT2D eigenvalue weighted by Gasteiger charge is -2.43. The standard InChI is InChI=1S/C34H34FN5O7S2/c1-21-18-31(38-47-21)39-48(43,44)28-5-3-4-26(20-28)37-33(42)24-8-13-30-29(19-24)34(14-16-36-17-15-34)32(23-6-7-23)40(30,22(2)41)49(45,46)27-11-9-25(35)10-12-27/h3-5,8-13,18-20,23,32,36H,6-7,14-17H2,1-2H3,(H-,37,38,39,42)/p+1. The minimum absolute atomic E-state index is 0.0166. The molecule has 1 spiro atoms. The van der Waals surface area contributed by atoms with Crippen molar-refractivity contribution in [3.63, 3.8) is 0 Å². The summed E-state index contributed by atoms with van der Waals surface area (Å²) in [6.07, 6.45) is 2.63. The molecule has 2 aliphatic heterocycles. The van der Waals surface area contributed by atoms with Crippen molar-refractivity contribution in [2.24, 2.45) is 5.92 Å². The lowest BCUT2D eigenvalue weighted by molar-refractivity contribution is -0.126. The number of aryl methyl sites for hydroxylation is 1. The van der Waals surface area contributed by atoms with Crippen molar-refractivity contribution in [2.75, 3.05) is 23.1 Å². The summed E-state index contributed by atoms with van der Waals surface area (Å²) in [5.41, 5.74) is 0.622. The first-order valence-electron chi connectivity index (χ1n) is 15.9. The molecule has 49 heavy (non-hydrogen) atoms. The zero-order chi connectivity index (χ0) is 34.8. The van der Waals surface area contributed by atoms with Gasteiger partial charge in [-0.05, 0) is 100 Å². The molecule has 7 rings (SSSR count). The number of halogens is 1. The normalized spacial score (nSPS) is 21.7. The molecular formula is C34H35FN5O7S2+. The number of sulfonamides is 2. The van der Waals surface area contributed by atoms with Gasteiger partial charge in [-0.25, -0.2) is 17.6 Å². The van der Waals surface area contributed by atoms with Gasteiger partial charge in [-0.3, -0.25) is 9.52 Å². The highest BCUT2D eigenvalue weighted by molar-refractivity contribution is 7.92. The second kappa shape index (κ2) is 11.9. The Kier molecular flexibility index (Phi) is 8.01. The van der Waals surface area contributed by atoms with Crippen LogP contribution >= 0.6 is 0 Å². The van der Waals surface area contributed by atoms with E-state index in [1.54, 1.807) is 25.1 Å². The van der Waals surface area contributed by atoms with Crippen LogP contribution in [0.2, 0.25) is 0 Å². The zero-order valence-corrected chi connectivity index (χ0v) is 28.4. The molecular weight excluding hydrogens is 674 g/mol. The molecule has 1 saturated carbocycles. The second-order valence-electron chi connectivity index (χ2n) is 12.9. The molecule has 0 bridgehead atoms. The summed E-state index contributed by atoms with van der Waals surface area (Å²) >= 11 is 0. The van der Waals surface area contributed by atoms with E-state index in [-0.39, 0.29) is 32.8 Å². The van der Waals surface area contributed by atoms with Crippen LogP contribution < -0.4 is 19.2 Å². The zero-order valence-electron chi connectivity index (χ0n) is 26.8. The minimum atomic E-state index is -4.45. The highest BCUT2D eigenvalue weighted by Gasteiger charge is 2.73. The van der Waals surface area contributed by atoms with Crippen molar-refractivity contribution >= 4 is 49.1 Å². The molecule has 2 fully saturated rings. The van der Waals surface area contributed by atoms with Crippen LogP contribution in [0.5, 0.6) is 0 Å². The molecule has 3 heterocycles. The highest BCUT2D eigenvalue weighted by atomic mass is 32.2. The summed E-state index contributed by atoms with van der Waals surface area (Å²) in [6, 6.07) is 15.8. The molecule has 12 nitrogen and oxygen atoms in total. The number of carbonyl (C=O) groups excluding carboxylic acids is 2. The molecule has 4 aromatic rings. The number of fused-ring (bicyclic) bond motifs is 2. The maximum Gasteiger partial charge on any atom is 0.339 e. The molecule has 2 unspecified atom stereocenters. The smallest absolute Gasteiger partial charge is 0.339 e. The predicted octanol–water partition coefficient (Wildman–Crippen LogP) is 4.83.